The Morgan fingerprint density at radius 2 is 1.57 bits per heavy atom. The first-order valence-corrected chi connectivity index (χ1v) is 8.12. The Hall–Kier alpha value is -0.730. The normalized spacial score (nSPS) is 12.4. The van der Waals surface area contributed by atoms with Crippen molar-refractivity contribution in [1.29, 1.82) is 0 Å². The zero-order chi connectivity index (χ0) is 15.4. The van der Waals surface area contributed by atoms with Gasteiger partial charge in [-0.2, -0.15) is 0 Å². The topological polar surface area (TPSA) is 12.0 Å². The lowest BCUT2D eigenvalue weighted by molar-refractivity contribution is 0.596. The second-order valence-electron chi connectivity index (χ2n) is 4.98. The van der Waals surface area contributed by atoms with Crippen LogP contribution < -0.4 is 5.32 Å². The van der Waals surface area contributed by atoms with Gasteiger partial charge in [-0.1, -0.05) is 66.0 Å². The maximum absolute atomic E-state index is 6.40. The van der Waals surface area contributed by atoms with Crippen LogP contribution >= 0.6 is 34.8 Å². The minimum Gasteiger partial charge on any atom is -0.306 e. The summed E-state index contributed by atoms with van der Waals surface area (Å²) < 4.78 is 0. The predicted octanol–water partition coefficient (Wildman–Crippen LogP) is 6.04. The molecule has 0 aromatic heterocycles. The van der Waals surface area contributed by atoms with E-state index in [2.05, 4.69) is 18.3 Å². The van der Waals surface area contributed by atoms with Crippen molar-refractivity contribution in [3.05, 3.63) is 68.2 Å². The smallest absolute Gasteiger partial charge is 0.0643 e. The van der Waals surface area contributed by atoms with E-state index in [1.165, 1.54) is 0 Å². The van der Waals surface area contributed by atoms with Gasteiger partial charge < -0.3 is 5.32 Å². The Labute approximate surface area is 141 Å². The standard InChI is InChI=1S/C17H18Cl3N/c1-3-10-21-17(12-6-4-8-14(18)11(12)2)13-7-5-9-15(19)16(13)20/h4-9,17,21H,3,10H2,1-2H3. The van der Waals surface area contributed by atoms with Crippen LogP contribution in [0.3, 0.4) is 0 Å². The van der Waals surface area contributed by atoms with Gasteiger partial charge in [-0.3, -0.25) is 0 Å². The average molecular weight is 343 g/mol. The summed E-state index contributed by atoms with van der Waals surface area (Å²) in [5.41, 5.74) is 3.16. The highest BCUT2D eigenvalue weighted by atomic mass is 35.5. The van der Waals surface area contributed by atoms with Crippen LogP contribution in [0.5, 0.6) is 0 Å². The molecule has 0 heterocycles. The van der Waals surface area contributed by atoms with E-state index in [9.17, 15) is 0 Å². The Kier molecular flexibility index (Phi) is 5.95. The van der Waals surface area contributed by atoms with E-state index in [0.29, 0.717) is 10.0 Å². The van der Waals surface area contributed by atoms with Crippen molar-refractivity contribution >= 4 is 34.8 Å². The molecule has 2 rings (SSSR count). The lowest BCUT2D eigenvalue weighted by Crippen LogP contribution is -2.24. The van der Waals surface area contributed by atoms with E-state index in [1.54, 1.807) is 6.07 Å². The third-order valence-electron chi connectivity index (χ3n) is 3.51. The Balaban J connectivity index is 2.52. The second kappa shape index (κ2) is 7.51. The molecule has 0 saturated carbocycles. The van der Waals surface area contributed by atoms with Gasteiger partial charge in [0.05, 0.1) is 16.1 Å². The number of benzene rings is 2. The van der Waals surface area contributed by atoms with Crippen molar-refractivity contribution in [2.75, 3.05) is 6.54 Å². The van der Waals surface area contributed by atoms with E-state index in [1.807, 2.05) is 31.2 Å². The summed E-state index contributed by atoms with van der Waals surface area (Å²) in [6.45, 7) is 5.05. The van der Waals surface area contributed by atoms with Crippen LogP contribution in [-0.4, -0.2) is 6.54 Å². The molecule has 1 unspecified atom stereocenters. The van der Waals surface area contributed by atoms with Crippen LogP contribution in [0.15, 0.2) is 36.4 Å². The van der Waals surface area contributed by atoms with Gasteiger partial charge in [-0.05, 0) is 48.7 Å². The molecule has 1 N–H and O–H groups in total. The number of hydrogen-bond acceptors (Lipinski definition) is 1. The van der Waals surface area contributed by atoms with E-state index >= 15 is 0 Å². The van der Waals surface area contributed by atoms with Gasteiger partial charge >= 0.3 is 0 Å². The molecular weight excluding hydrogens is 325 g/mol. The van der Waals surface area contributed by atoms with Gasteiger partial charge in [0, 0.05) is 5.02 Å². The number of nitrogens with one attached hydrogen (secondary N) is 1. The van der Waals surface area contributed by atoms with Crippen LogP contribution in [0.1, 0.15) is 36.1 Å². The molecule has 0 saturated heterocycles. The fraction of sp³-hybridized carbons (Fsp3) is 0.294. The molecule has 4 heteroatoms. The maximum atomic E-state index is 6.40. The Morgan fingerprint density at radius 1 is 0.952 bits per heavy atom. The molecule has 0 radical (unpaired) electrons. The van der Waals surface area contributed by atoms with Gasteiger partial charge in [0.2, 0.25) is 0 Å². The van der Waals surface area contributed by atoms with Crippen LogP contribution in [0.4, 0.5) is 0 Å². The third-order valence-corrected chi connectivity index (χ3v) is 4.75. The van der Waals surface area contributed by atoms with Crippen LogP contribution in [0, 0.1) is 6.92 Å². The monoisotopic (exact) mass is 341 g/mol. The molecule has 0 aliphatic rings. The second-order valence-corrected chi connectivity index (χ2v) is 6.18. The maximum Gasteiger partial charge on any atom is 0.0643 e. The zero-order valence-corrected chi connectivity index (χ0v) is 14.4. The summed E-state index contributed by atoms with van der Waals surface area (Å²) in [6.07, 6.45) is 1.04. The Morgan fingerprint density at radius 3 is 2.24 bits per heavy atom. The van der Waals surface area contributed by atoms with Crippen molar-refractivity contribution in [1.82, 2.24) is 5.32 Å². The van der Waals surface area contributed by atoms with Gasteiger partial charge in [-0.25, -0.2) is 0 Å². The summed E-state index contributed by atoms with van der Waals surface area (Å²) in [6, 6.07) is 11.6. The van der Waals surface area contributed by atoms with Crippen LogP contribution in [0.2, 0.25) is 15.1 Å². The first kappa shape index (κ1) is 16.6. The molecule has 2 aromatic carbocycles. The van der Waals surface area contributed by atoms with Crippen molar-refractivity contribution < 1.29 is 0 Å². The van der Waals surface area contributed by atoms with E-state index in [0.717, 1.165) is 34.7 Å². The lowest BCUT2D eigenvalue weighted by atomic mass is 9.94. The van der Waals surface area contributed by atoms with Gasteiger partial charge in [0.1, 0.15) is 0 Å². The van der Waals surface area contributed by atoms with Crippen molar-refractivity contribution in [2.24, 2.45) is 0 Å². The molecule has 1 atom stereocenters. The molecular formula is C17H18Cl3N. The minimum atomic E-state index is -0.0187. The molecule has 112 valence electrons. The molecule has 2 aromatic rings. The van der Waals surface area contributed by atoms with Gasteiger partial charge in [-0.15, -0.1) is 0 Å². The van der Waals surface area contributed by atoms with Gasteiger partial charge in [0.15, 0.2) is 0 Å². The summed E-state index contributed by atoms with van der Waals surface area (Å²) in [7, 11) is 0. The van der Waals surface area contributed by atoms with E-state index < -0.39 is 0 Å². The van der Waals surface area contributed by atoms with Crippen molar-refractivity contribution in [3.63, 3.8) is 0 Å². The average Bonchev–Trinajstić information content (AvgIpc) is 2.47. The first-order valence-electron chi connectivity index (χ1n) is 6.98. The van der Waals surface area contributed by atoms with Crippen LogP contribution in [0.25, 0.3) is 0 Å². The van der Waals surface area contributed by atoms with Crippen LogP contribution in [-0.2, 0) is 0 Å². The SMILES string of the molecule is CCCNC(c1cccc(Cl)c1C)c1cccc(Cl)c1Cl. The zero-order valence-electron chi connectivity index (χ0n) is 12.1. The summed E-state index contributed by atoms with van der Waals surface area (Å²) in [4.78, 5) is 0. The quantitative estimate of drug-likeness (QED) is 0.698. The molecule has 0 bridgehead atoms. The number of hydrogen-bond donors (Lipinski definition) is 1. The largest absolute Gasteiger partial charge is 0.306 e. The number of rotatable bonds is 5. The minimum absolute atomic E-state index is 0.0187. The Bertz CT molecular complexity index is 574. The summed E-state index contributed by atoms with van der Waals surface area (Å²) >= 11 is 18.8. The number of halogens is 3. The highest BCUT2D eigenvalue weighted by molar-refractivity contribution is 6.42. The summed E-state index contributed by atoms with van der Waals surface area (Å²) in [5.74, 6) is 0. The molecule has 1 nitrogen and oxygen atoms in total. The highest BCUT2D eigenvalue weighted by Gasteiger charge is 2.20. The molecule has 0 aliphatic heterocycles. The fourth-order valence-corrected chi connectivity index (χ4v) is 2.96. The molecule has 0 fully saturated rings. The first-order chi connectivity index (χ1) is 10.1. The van der Waals surface area contributed by atoms with Crippen molar-refractivity contribution in [3.8, 4) is 0 Å². The lowest BCUT2D eigenvalue weighted by Gasteiger charge is -2.23. The molecule has 0 amide bonds. The highest BCUT2D eigenvalue weighted by Crippen LogP contribution is 2.35. The van der Waals surface area contributed by atoms with E-state index in [4.69, 9.17) is 34.8 Å². The molecule has 21 heavy (non-hydrogen) atoms. The third kappa shape index (κ3) is 3.73. The predicted molar refractivity (Wildman–Crippen MR) is 92.8 cm³/mol. The van der Waals surface area contributed by atoms with Gasteiger partial charge in [0.25, 0.3) is 0 Å². The van der Waals surface area contributed by atoms with E-state index in [-0.39, 0.29) is 6.04 Å². The van der Waals surface area contributed by atoms with Crippen molar-refractivity contribution in [2.45, 2.75) is 26.3 Å². The molecule has 0 aliphatic carbocycles. The fourth-order valence-electron chi connectivity index (χ4n) is 2.36. The molecule has 0 spiro atoms. The summed E-state index contributed by atoms with van der Waals surface area (Å²) in [5, 5.41) is 5.45.